The first-order valence-corrected chi connectivity index (χ1v) is 10.2. The van der Waals surface area contributed by atoms with E-state index in [0.29, 0.717) is 24.6 Å². The molecule has 6 nitrogen and oxygen atoms in total. The monoisotopic (exact) mass is 402 g/mol. The Kier molecular flexibility index (Phi) is 5.40. The number of carbonyl (C=O) groups excluding carboxylic acids is 2. The Hall–Kier alpha value is -3.41. The van der Waals surface area contributed by atoms with Crippen molar-refractivity contribution >= 4 is 23.2 Å². The van der Waals surface area contributed by atoms with Crippen molar-refractivity contribution in [3.8, 4) is 0 Å². The van der Waals surface area contributed by atoms with E-state index in [1.807, 2.05) is 48.8 Å². The van der Waals surface area contributed by atoms with Gasteiger partial charge in [0.1, 0.15) is 5.82 Å². The molecule has 154 valence electrons. The van der Waals surface area contributed by atoms with Gasteiger partial charge < -0.3 is 14.8 Å². The number of amides is 2. The highest BCUT2D eigenvalue weighted by molar-refractivity contribution is 6.05. The third-order valence-corrected chi connectivity index (χ3v) is 5.42. The lowest BCUT2D eigenvalue weighted by atomic mass is 10.1. The minimum atomic E-state index is -0.151. The average molecular weight is 402 g/mol. The number of carbonyl (C=O) groups is 2. The Labute approximate surface area is 176 Å². The third-order valence-electron chi connectivity index (χ3n) is 5.42. The van der Waals surface area contributed by atoms with Gasteiger partial charge in [0, 0.05) is 55.3 Å². The number of nitrogens with zero attached hydrogens (tertiary/aromatic N) is 3. The van der Waals surface area contributed by atoms with Crippen LogP contribution in [0.5, 0.6) is 0 Å². The Bertz CT molecular complexity index is 1100. The Balaban J connectivity index is 1.49. The molecule has 1 aliphatic rings. The molecule has 0 aliphatic carbocycles. The first kappa shape index (κ1) is 19.9. The summed E-state index contributed by atoms with van der Waals surface area (Å²) in [5, 5.41) is 3.00. The molecule has 30 heavy (non-hydrogen) atoms. The van der Waals surface area contributed by atoms with E-state index in [1.54, 1.807) is 17.9 Å². The van der Waals surface area contributed by atoms with Gasteiger partial charge in [-0.25, -0.2) is 4.98 Å². The molecule has 0 radical (unpaired) electrons. The van der Waals surface area contributed by atoms with Crippen molar-refractivity contribution in [2.75, 3.05) is 16.8 Å². The molecule has 2 amide bonds. The number of imidazole rings is 1. The van der Waals surface area contributed by atoms with Gasteiger partial charge in [-0.1, -0.05) is 26.0 Å². The number of fused-ring (bicyclic) bond motifs is 1. The predicted octanol–water partition coefficient (Wildman–Crippen LogP) is 4.22. The van der Waals surface area contributed by atoms with Crippen LogP contribution in [0.2, 0.25) is 0 Å². The normalized spacial score (nSPS) is 12.9. The SMILES string of the molecule is CC(=O)N1CCc2cc(C(=O)Nc3cccc(Cn4ccnc4C(C)C)c3)ccc21. The molecule has 6 heteroatoms. The van der Waals surface area contributed by atoms with Crippen LogP contribution in [0.15, 0.2) is 54.9 Å². The summed E-state index contributed by atoms with van der Waals surface area (Å²) in [7, 11) is 0. The molecule has 2 heterocycles. The summed E-state index contributed by atoms with van der Waals surface area (Å²) in [5.74, 6) is 1.27. The molecule has 1 aliphatic heterocycles. The molecule has 3 aromatic rings. The largest absolute Gasteiger partial charge is 0.330 e. The molecule has 4 rings (SSSR count). The fourth-order valence-corrected chi connectivity index (χ4v) is 3.97. The van der Waals surface area contributed by atoms with E-state index >= 15 is 0 Å². The van der Waals surface area contributed by atoms with Crippen molar-refractivity contribution in [3.63, 3.8) is 0 Å². The second-order valence-corrected chi connectivity index (χ2v) is 7.99. The van der Waals surface area contributed by atoms with Crippen molar-refractivity contribution in [1.29, 1.82) is 0 Å². The van der Waals surface area contributed by atoms with Crippen LogP contribution in [0.3, 0.4) is 0 Å². The zero-order chi connectivity index (χ0) is 21.3. The molecule has 0 spiro atoms. The molecule has 1 aromatic heterocycles. The molecule has 0 fully saturated rings. The van der Waals surface area contributed by atoms with E-state index in [-0.39, 0.29) is 11.8 Å². The first-order valence-electron chi connectivity index (χ1n) is 10.2. The molecule has 1 N–H and O–H groups in total. The molecule has 0 saturated carbocycles. The Morgan fingerprint density at radius 1 is 1.17 bits per heavy atom. The third kappa shape index (κ3) is 3.99. The van der Waals surface area contributed by atoms with Gasteiger partial charge >= 0.3 is 0 Å². The fraction of sp³-hybridized carbons (Fsp3) is 0.292. The summed E-state index contributed by atoms with van der Waals surface area (Å²) in [6.45, 7) is 7.20. The van der Waals surface area contributed by atoms with Gasteiger partial charge in [-0.2, -0.15) is 0 Å². The summed E-state index contributed by atoms with van der Waals surface area (Å²) in [4.78, 5) is 30.7. The van der Waals surface area contributed by atoms with Crippen LogP contribution in [0.1, 0.15) is 54.0 Å². The number of rotatable bonds is 5. The first-order chi connectivity index (χ1) is 14.4. The summed E-state index contributed by atoms with van der Waals surface area (Å²) in [6.07, 6.45) is 4.58. The van der Waals surface area contributed by atoms with Gasteiger partial charge in [0.15, 0.2) is 0 Å². The smallest absolute Gasteiger partial charge is 0.255 e. The average Bonchev–Trinajstić information content (AvgIpc) is 3.34. The number of aromatic nitrogens is 2. The molecule has 0 atom stereocenters. The lowest BCUT2D eigenvalue weighted by molar-refractivity contribution is -0.116. The standard InChI is InChI=1S/C24H26N4O2/c1-16(2)23-25-10-12-27(23)15-18-5-4-6-21(13-18)26-24(30)20-7-8-22-19(14-20)9-11-28(22)17(3)29/h4-8,10,12-14,16H,9,11,15H2,1-3H3,(H,26,30). The fourth-order valence-electron chi connectivity index (χ4n) is 3.97. The molecular weight excluding hydrogens is 376 g/mol. The number of nitrogens with one attached hydrogen (secondary N) is 1. The van der Waals surface area contributed by atoms with Gasteiger partial charge in [-0.05, 0) is 47.9 Å². The van der Waals surface area contributed by atoms with Gasteiger partial charge in [0.2, 0.25) is 5.91 Å². The van der Waals surface area contributed by atoms with Crippen LogP contribution in [-0.2, 0) is 17.8 Å². The number of hydrogen-bond donors (Lipinski definition) is 1. The van der Waals surface area contributed by atoms with Gasteiger partial charge in [0.25, 0.3) is 5.91 Å². The topological polar surface area (TPSA) is 67.2 Å². The Morgan fingerprint density at radius 3 is 2.77 bits per heavy atom. The van der Waals surface area contributed by atoms with Crippen LogP contribution in [0.25, 0.3) is 0 Å². The minimum absolute atomic E-state index is 0.0290. The molecule has 0 unspecified atom stereocenters. The predicted molar refractivity (Wildman–Crippen MR) is 118 cm³/mol. The molecule has 0 bridgehead atoms. The number of benzene rings is 2. The molecular formula is C24H26N4O2. The lowest BCUT2D eigenvalue weighted by Crippen LogP contribution is -2.25. The van der Waals surface area contributed by atoms with Crippen LogP contribution in [0, 0.1) is 0 Å². The van der Waals surface area contributed by atoms with Crippen molar-refractivity contribution in [2.24, 2.45) is 0 Å². The number of hydrogen-bond acceptors (Lipinski definition) is 3. The van der Waals surface area contributed by atoms with Gasteiger partial charge in [0.05, 0.1) is 0 Å². The lowest BCUT2D eigenvalue weighted by Gasteiger charge is -2.15. The van der Waals surface area contributed by atoms with Crippen molar-refractivity contribution in [2.45, 2.75) is 39.7 Å². The minimum Gasteiger partial charge on any atom is -0.330 e. The zero-order valence-corrected chi connectivity index (χ0v) is 17.6. The van der Waals surface area contributed by atoms with Crippen molar-refractivity contribution < 1.29 is 9.59 Å². The van der Waals surface area contributed by atoms with Crippen LogP contribution in [-0.4, -0.2) is 27.9 Å². The summed E-state index contributed by atoms with van der Waals surface area (Å²) in [6, 6.07) is 13.4. The van der Waals surface area contributed by atoms with E-state index in [0.717, 1.165) is 34.7 Å². The van der Waals surface area contributed by atoms with Crippen molar-refractivity contribution in [3.05, 3.63) is 77.4 Å². The molecule has 2 aromatic carbocycles. The second-order valence-electron chi connectivity index (χ2n) is 7.99. The van der Waals surface area contributed by atoms with Crippen LogP contribution < -0.4 is 10.2 Å². The maximum atomic E-state index is 12.8. The van der Waals surface area contributed by atoms with E-state index in [2.05, 4.69) is 28.7 Å². The summed E-state index contributed by atoms with van der Waals surface area (Å²) < 4.78 is 2.13. The van der Waals surface area contributed by atoms with E-state index in [9.17, 15) is 9.59 Å². The van der Waals surface area contributed by atoms with Gasteiger partial charge in [-0.15, -0.1) is 0 Å². The van der Waals surface area contributed by atoms with Crippen LogP contribution >= 0.6 is 0 Å². The Morgan fingerprint density at radius 2 is 2.00 bits per heavy atom. The highest BCUT2D eigenvalue weighted by Gasteiger charge is 2.23. The van der Waals surface area contributed by atoms with Crippen molar-refractivity contribution in [1.82, 2.24) is 9.55 Å². The highest BCUT2D eigenvalue weighted by atomic mass is 16.2. The quantitative estimate of drug-likeness (QED) is 0.695. The van der Waals surface area contributed by atoms with E-state index in [1.165, 1.54) is 0 Å². The zero-order valence-electron chi connectivity index (χ0n) is 17.6. The highest BCUT2D eigenvalue weighted by Crippen LogP contribution is 2.29. The maximum Gasteiger partial charge on any atom is 0.255 e. The second kappa shape index (κ2) is 8.14. The van der Waals surface area contributed by atoms with Crippen LogP contribution in [0.4, 0.5) is 11.4 Å². The number of anilines is 2. The summed E-state index contributed by atoms with van der Waals surface area (Å²) in [5.41, 5.74) is 4.39. The van der Waals surface area contributed by atoms with E-state index < -0.39 is 0 Å². The summed E-state index contributed by atoms with van der Waals surface area (Å²) >= 11 is 0. The van der Waals surface area contributed by atoms with E-state index in [4.69, 9.17) is 0 Å². The van der Waals surface area contributed by atoms with Gasteiger partial charge in [-0.3, -0.25) is 9.59 Å². The maximum absolute atomic E-state index is 12.8. The molecule has 0 saturated heterocycles.